The van der Waals surface area contributed by atoms with Gasteiger partial charge in [-0.15, -0.1) is 0 Å². The number of hydrogen-bond acceptors (Lipinski definition) is 4. The maximum absolute atomic E-state index is 12.0. The maximum Gasteiger partial charge on any atom is 0.402 e. The van der Waals surface area contributed by atoms with Crippen LogP contribution in [0.5, 0.6) is 0 Å². The number of halogens is 3. The second-order valence-corrected chi connectivity index (χ2v) is 5.46. The van der Waals surface area contributed by atoms with Gasteiger partial charge in [0.15, 0.2) is 0 Å². The molecular weight excluding hydrogens is 315 g/mol. The standard InChI is InChI=1S/C10H14F3N3O4S/c1-3-20-9(17)8-6(2)14-4-7(8)16-21(18,19)15-5-10(11,12)13/h4,14-16H,3,5H2,1-2H3. The lowest BCUT2D eigenvalue weighted by molar-refractivity contribution is -0.121. The SMILES string of the molecule is CCOC(=O)c1c(NS(=O)(=O)NCC(F)(F)F)c[nH]c1C. The highest BCUT2D eigenvalue weighted by Gasteiger charge is 2.30. The molecule has 120 valence electrons. The van der Waals surface area contributed by atoms with Crippen LogP contribution in [0.25, 0.3) is 0 Å². The van der Waals surface area contributed by atoms with Crippen LogP contribution in [0.15, 0.2) is 6.20 Å². The van der Waals surface area contributed by atoms with Gasteiger partial charge < -0.3 is 9.72 Å². The number of ether oxygens (including phenoxy) is 1. The van der Waals surface area contributed by atoms with Crippen LogP contribution in [0, 0.1) is 6.92 Å². The van der Waals surface area contributed by atoms with Gasteiger partial charge in [0.2, 0.25) is 0 Å². The largest absolute Gasteiger partial charge is 0.462 e. The molecule has 0 amide bonds. The summed E-state index contributed by atoms with van der Waals surface area (Å²) in [5, 5.41) is 0. The summed E-state index contributed by atoms with van der Waals surface area (Å²) in [6, 6.07) is 0. The van der Waals surface area contributed by atoms with Crippen LogP contribution in [0.2, 0.25) is 0 Å². The van der Waals surface area contributed by atoms with E-state index in [1.165, 1.54) is 11.6 Å². The quantitative estimate of drug-likeness (QED) is 0.685. The Hall–Kier alpha value is -1.75. The number of aromatic nitrogens is 1. The summed E-state index contributed by atoms with van der Waals surface area (Å²) in [6.07, 6.45) is -3.54. The Morgan fingerprint density at radius 2 is 2.05 bits per heavy atom. The van der Waals surface area contributed by atoms with Gasteiger partial charge in [-0.05, 0) is 13.8 Å². The van der Waals surface area contributed by atoms with Gasteiger partial charge in [0, 0.05) is 11.9 Å². The number of hydrogen-bond donors (Lipinski definition) is 3. The minimum absolute atomic E-state index is 0.0714. The van der Waals surface area contributed by atoms with Crippen LogP contribution < -0.4 is 9.44 Å². The van der Waals surface area contributed by atoms with Crippen molar-refractivity contribution < 1.29 is 31.1 Å². The molecule has 0 aromatic carbocycles. The van der Waals surface area contributed by atoms with Gasteiger partial charge in [-0.3, -0.25) is 4.72 Å². The van der Waals surface area contributed by atoms with Crippen molar-refractivity contribution in [2.45, 2.75) is 20.0 Å². The molecule has 0 spiro atoms. The molecule has 0 aliphatic rings. The third kappa shape index (κ3) is 5.27. The van der Waals surface area contributed by atoms with Crippen molar-refractivity contribution in [3.63, 3.8) is 0 Å². The van der Waals surface area contributed by atoms with Crippen molar-refractivity contribution in [3.05, 3.63) is 17.5 Å². The normalized spacial score (nSPS) is 12.2. The topological polar surface area (TPSA) is 100 Å². The van der Waals surface area contributed by atoms with Gasteiger partial charge in [0.05, 0.1) is 12.3 Å². The molecule has 0 unspecified atom stereocenters. The van der Waals surface area contributed by atoms with Gasteiger partial charge in [-0.25, -0.2) is 4.79 Å². The van der Waals surface area contributed by atoms with Crippen LogP contribution in [0.3, 0.4) is 0 Å². The summed E-state index contributed by atoms with van der Waals surface area (Å²) in [7, 11) is -4.47. The number of anilines is 1. The molecule has 0 bridgehead atoms. The number of carbonyl (C=O) groups excluding carboxylic acids is 1. The van der Waals surface area contributed by atoms with E-state index in [2.05, 4.69) is 4.98 Å². The van der Waals surface area contributed by atoms with Crippen LogP contribution in [0.1, 0.15) is 23.0 Å². The minimum Gasteiger partial charge on any atom is -0.462 e. The molecule has 0 atom stereocenters. The number of aromatic amines is 1. The number of nitrogens with one attached hydrogen (secondary N) is 3. The van der Waals surface area contributed by atoms with Crippen molar-refractivity contribution in [3.8, 4) is 0 Å². The average molecular weight is 329 g/mol. The van der Waals surface area contributed by atoms with Gasteiger partial charge in [0.25, 0.3) is 10.2 Å². The molecule has 3 N–H and O–H groups in total. The van der Waals surface area contributed by atoms with Gasteiger partial charge in [-0.1, -0.05) is 0 Å². The molecule has 7 nitrogen and oxygen atoms in total. The molecule has 1 aromatic heterocycles. The Kier molecular flexibility index (Phi) is 5.23. The van der Waals surface area contributed by atoms with Crippen molar-refractivity contribution in [2.75, 3.05) is 17.9 Å². The van der Waals surface area contributed by atoms with E-state index in [0.29, 0.717) is 5.69 Å². The molecule has 0 aliphatic carbocycles. The molecular formula is C10H14F3N3O4S. The number of alkyl halides is 3. The van der Waals surface area contributed by atoms with Gasteiger partial charge in [0.1, 0.15) is 12.1 Å². The summed E-state index contributed by atoms with van der Waals surface area (Å²) < 4.78 is 66.9. The first-order valence-corrected chi connectivity index (χ1v) is 7.23. The minimum atomic E-state index is -4.69. The first kappa shape index (κ1) is 17.3. The Morgan fingerprint density at radius 3 is 2.57 bits per heavy atom. The van der Waals surface area contributed by atoms with Crippen LogP contribution in [-0.4, -0.2) is 38.7 Å². The summed E-state index contributed by atoms with van der Waals surface area (Å²) in [6.45, 7) is 1.41. The summed E-state index contributed by atoms with van der Waals surface area (Å²) >= 11 is 0. The summed E-state index contributed by atoms with van der Waals surface area (Å²) in [4.78, 5) is 14.3. The highest BCUT2D eigenvalue weighted by molar-refractivity contribution is 7.90. The zero-order valence-corrected chi connectivity index (χ0v) is 12.0. The fourth-order valence-electron chi connectivity index (χ4n) is 1.43. The zero-order chi connectivity index (χ0) is 16.3. The molecule has 0 fully saturated rings. The molecule has 21 heavy (non-hydrogen) atoms. The number of carbonyl (C=O) groups is 1. The smallest absolute Gasteiger partial charge is 0.402 e. The van der Waals surface area contributed by atoms with Gasteiger partial charge >= 0.3 is 12.1 Å². The molecule has 0 saturated carbocycles. The Labute approximate surface area is 119 Å². The summed E-state index contributed by atoms with van der Waals surface area (Å²) in [5.41, 5.74) is 0.0387. The van der Waals surface area contributed by atoms with E-state index in [-0.39, 0.29) is 17.9 Å². The molecule has 11 heteroatoms. The van der Waals surface area contributed by atoms with Crippen molar-refractivity contribution >= 4 is 21.9 Å². The maximum atomic E-state index is 12.0. The Bertz CT molecular complexity index is 610. The van der Waals surface area contributed by atoms with E-state index in [0.717, 1.165) is 6.20 Å². The highest BCUT2D eigenvalue weighted by atomic mass is 32.2. The molecule has 1 rings (SSSR count). The molecule has 1 aromatic rings. The fraction of sp³-hybridized carbons (Fsp3) is 0.500. The van der Waals surface area contributed by atoms with E-state index >= 15 is 0 Å². The van der Waals surface area contributed by atoms with E-state index in [1.807, 2.05) is 4.72 Å². The first-order valence-electron chi connectivity index (χ1n) is 5.75. The summed E-state index contributed by atoms with van der Waals surface area (Å²) in [5.74, 6) is -0.787. The molecule has 0 saturated heterocycles. The van der Waals surface area contributed by atoms with E-state index in [4.69, 9.17) is 4.74 Å². The van der Waals surface area contributed by atoms with Crippen molar-refractivity contribution in [2.24, 2.45) is 0 Å². The van der Waals surface area contributed by atoms with Crippen molar-refractivity contribution in [1.29, 1.82) is 0 Å². The first-order chi connectivity index (χ1) is 9.56. The van der Waals surface area contributed by atoms with E-state index in [1.54, 1.807) is 6.92 Å². The lowest BCUT2D eigenvalue weighted by atomic mass is 10.2. The number of H-pyrrole nitrogens is 1. The lowest BCUT2D eigenvalue weighted by Crippen LogP contribution is -2.37. The molecule has 1 heterocycles. The average Bonchev–Trinajstić information content (AvgIpc) is 2.67. The van der Waals surface area contributed by atoms with E-state index < -0.39 is 28.9 Å². The monoisotopic (exact) mass is 329 g/mol. The zero-order valence-electron chi connectivity index (χ0n) is 11.2. The Balaban J connectivity index is 2.91. The fourth-order valence-corrected chi connectivity index (χ4v) is 2.31. The van der Waals surface area contributed by atoms with Crippen LogP contribution in [0.4, 0.5) is 18.9 Å². The predicted molar refractivity (Wildman–Crippen MR) is 68.1 cm³/mol. The highest BCUT2D eigenvalue weighted by Crippen LogP contribution is 2.21. The number of aryl methyl sites for hydroxylation is 1. The van der Waals surface area contributed by atoms with Gasteiger partial charge in [-0.2, -0.15) is 26.3 Å². The predicted octanol–water partition coefficient (Wildman–Crippen LogP) is 1.31. The van der Waals surface area contributed by atoms with Crippen LogP contribution >= 0.6 is 0 Å². The second-order valence-electron chi connectivity index (χ2n) is 3.96. The second kappa shape index (κ2) is 6.35. The third-order valence-corrected chi connectivity index (χ3v) is 3.28. The lowest BCUT2D eigenvalue weighted by Gasteiger charge is -2.11. The number of esters is 1. The third-order valence-electron chi connectivity index (χ3n) is 2.26. The molecule has 0 radical (unpaired) electrons. The van der Waals surface area contributed by atoms with E-state index in [9.17, 15) is 26.4 Å². The molecule has 0 aliphatic heterocycles. The Morgan fingerprint density at radius 1 is 1.43 bits per heavy atom. The van der Waals surface area contributed by atoms with Crippen molar-refractivity contribution in [1.82, 2.24) is 9.71 Å². The van der Waals surface area contributed by atoms with Crippen LogP contribution in [-0.2, 0) is 14.9 Å². The number of rotatable bonds is 6.